The molecule has 0 bridgehead atoms. The highest BCUT2D eigenvalue weighted by atomic mass is 16.5. The van der Waals surface area contributed by atoms with Crippen molar-refractivity contribution in [1.82, 2.24) is 10.2 Å². The number of piperazine rings is 1. The van der Waals surface area contributed by atoms with Crippen LogP contribution in [0.5, 0.6) is 0 Å². The second-order valence-electron chi connectivity index (χ2n) is 16.9. The second-order valence-corrected chi connectivity index (χ2v) is 16.9. The molecule has 7 nitrogen and oxygen atoms in total. The molecule has 7 heteroatoms. The lowest BCUT2D eigenvalue weighted by Crippen LogP contribution is -2.56. The number of aliphatic hydroxyl groups excluding tert-OH is 1. The SMILES string of the molecule is CCCCCCCCC(CCCCCC)C(=O)OCCCCC1CN(CCCO)CC(CCCCOC(=O)C(CCCCCC)CCCCCCCC)N1. The van der Waals surface area contributed by atoms with Crippen molar-refractivity contribution in [3.05, 3.63) is 0 Å². The first-order chi connectivity index (χ1) is 26.5. The number of nitrogens with one attached hydrogen (secondary N) is 1. The maximum Gasteiger partial charge on any atom is 0.308 e. The minimum Gasteiger partial charge on any atom is -0.465 e. The van der Waals surface area contributed by atoms with Crippen LogP contribution in [0.3, 0.4) is 0 Å². The summed E-state index contributed by atoms with van der Waals surface area (Å²) in [6, 6.07) is 0.816. The van der Waals surface area contributed by atoms with Crippen LogP contribution in [0.2, 0.25) is 0 Å². The molecule has 0 aromatic rings. The number of unbranched alkanes of at least 4 members (excludes halogenated alkanes) is 18. The van der Waals surface area contributed by atoms with Crippen molar-refractivity contribution in [2.75, 3.05) is 39.5 Å². The molecule has 1 aliphatic heterocycles. The molecule has 0 aliphatic carbocycles. The summed E-state index contributed by atoms with van der Waals surface area (Å²) in [5, 5.41) is 13.4. The smallest absolute Gasteiger partial charge is 0.308 e. The van der Waals surface area contributed by atoms with Gasteiger partial charge in [-0.25, -0.2) is 0 Å². The molecule has 2 N–H and O–H groups in total. The number of ether oxygens (including phenoxy) is 2. The first-order valence-corrected chi connectivity index (χ1v) is 23.9. The fourth-order valence-corrected chi connectivity index (χ4v) is 8.27. The molecule has 0 radical (unpaired) electrons. The van der Waals surface area contributed by atoms with Gasteiger partial charge in [-0.05, 0) is 70.6 Å². The van der Waals surface area contributed by atoms with Crippen LogP contribution < -0.4 is 5.32 Å². The van der Waals surface area contributed by atoms with Crippen molar-refractivity contribution in [3.8, 4) is 0 Å². The van der Waals surface area contributed by atoms with Crippen molar-refractivity contribution in [1.29, 1.82) is 0 Å². The van der Waals surface area contributed by atoms with Gasteiger partial charge in [0.25, 0.3) is 0 Å². The minimum atomic E-state index is 0.0390. The van der Waals surface area contributed by atoms with E-state index in [0.717, 1.165) is 116 Å². The Morgan fingerprint density at radius 3 is 1.24 bits per heavy atom. The lowest BCUT2D eigenvalue weighted by molar-refractivity contribution is -0.150. The summed E-state index contributed by atoms with van der Waals surface area (Å²) in [6.07, 6.45) is 35.5. The monoisotopic (exact) mass is 765 g/mol. The Hall–Kier alpha value is -1.18. The number of hydrogen-bond acceptors (Lipinski definition) is 7. The highest BCUT2D eigenvalue weighted by Crippen LogP contribution is 2.23. The highest BCUT2D eigenvalue weighted by Gasteiger charge is 2.26. The maximum atomic E-state index is 13.1. The zero-order chi connectivity index (χ0) is 39.3. The van der Waals surface area contributed by atoms with Crippen molar-refractivity contribution in [2.45, 2.75) is 239 Å². The largest absolute Gasteiger partial charge is 0.465 e. The summed E-state index contributed by atoms with van der Waals surface area (Å²) in [5.41, 5.74) is 0. The molecule has 0 aromatic carbocycles. The third-order valence-corrected chi connectivity index (χ3v) is 11.7. The molecule has 1 heterocycles. The molecule has 1 fully saturated rings. The normalized spacial score (nSPS) is 17.4. The van der Waals surface area contributed by atoms with E-state index in [2.05, 4.69) is 37.9 Å². The van der Waals surface area contributed by atoms with E-state index >= 15 is 0 Å². The Kier molecular flexibility index (Phi) is 35.2. The van der Waals surface area contributed by atoms with Crippen LogP contribution in [0.25, 0.3) is 0 Å². The Bertz CT molecular complexity index is 779. The molecular weight excluding hydrogens is 673 g/mol. The third-order valence-electron chi connectivity index (χ3n) is 11.7. The van der Waals surface area contributed by atoms with Gasteiger partial charge in [0.05, 0.1) is 25.0 Å². The number of nitrogens with zero attached hydrogens (tertiary/aromatic N) is 1. The lowest BCUT2D eigenvalue weighted by atomic mass is 9.94. The van der Waals surface area contributed by atoms with Crippen LogP contribution in [0.1, 0.15) is 227 Å². The second kappa shape index (κ2) is 37.4. The Balaban J connectivity index is 2.46. The summed E-state index contributed by atoms with van der Waals surface area (Å²) in [4.78, 5) is 28.7. The molecule has 1 rings (SSSR count). The van der Waals surface area contributed by atoms with Gasteiger partial charge < -0.3 is 24.8 Å². The van der Waals surface area contributed by atoms with Crippen LogP contribution in [0.15, 0.2) is 0 Å². The van der Waals surface area contributed by atoms with Gasteiger partial charge >= 0.3 is 11.9 Å². The quantitative estimate of drug-likeness (QED) is 0.0476. The van der Waals surface area contributed by atoms with Crippen LogP contribution in [0.4, 0.5) is 0 Å². The minimum absolute atomic E-state index is 0.0390. The predicted octanol–water partition coefficient (Wildman–Crippen LogP) is 12.1. The molecule has 54 heavy (non-hydrogen) atoms. The van der Waals surface area contributed by atoms with Crippen molar-refractivity contribution in [2.24, 2.45) is 11.8 Å². The highest BCUT2D eigenvalue weighted by molar-refractivity contribution is 5.72. The van der Waals surface area contributed by atoms with Gasteiger partial charge in [-0.3, -0.25) is 9.59 Å². The Labute approximate surface area is 335 Å². The third kappa shape index (κ3) is 28.3. The average molecular weight is 765 g/mol. The molecule has 4 atom stereocenters. The fraction of sp³-hybridized carbons (Fsp3) is 0.957. The summed E-state index contributed by atoms with van der Waals surface area (Å²) in [7, 11) is 0. The molecule has 0 amide bonds. The predicted molar refractivity (Wildman–Crippen MR) is 229 cm³/mol. The van der Waals surface area contributed by atoms with Crippen LogP contribution in [-0.4, -0.2) is 73.5 Å². The van der Waals surface area contributed by atoms with Crippen molar-refractivity contribution < 1.29 is 24.2 Å². The van der Waals surface area contributed by atoms with E-state index in [1.165, 1.54) is 103 Å². The van der Waals surface area contributed by atoms with Crippen LogP contribution >= 0.6 is 0 Å². The molecule has 1 aliphatic rings. The molecule has 320 valence electrons. The first kappa shape index (κ1) is 50.8. The number of rotatable bonds is 39. The van der Waals surface area contributed by atoms with Crippen molar-refractivity contribution in [3.63, 3.8) is 0 Å². The number of esters is 2. The Morgan fingerprint density at radius 1 is 0.519 bits per heavy atom. The van der Waals surface area contributed by atoms with Gasteiger partial charge in [-0.1, -0.05) is 156 Å². The summed E-state index contributed by atoms with van der Waals surface area (Å²) in [5.74, 6) is 0.216. The average Bonchev–Trinajstić information content (AvgIpc) is 3.17. The van der Waals surface area contributed by atoms with E-state index in [9.17, 15) is 14.7 Å². The van der Waals surface area contributed by atoms with E-state index in [0.29, 0.717) is 25.3 Å². The number of carbonyl (C=O) groups excluding carboxylic acids is 2. The molecular formula is C47H92N2O5. The van der Waals surface area contributed by atoms with Gasteiger partial charge in [0.15, 0.2) is 0 Å². The van der Waals surface area contributed by atoms with Crippen LogP contribution in [-0.2, 0) is 19.1 Å². The van der Waals surface area contributed by atoms with Gasteiger partial charge in [0.1, 0.15) is 0 Å². The number of aliphatic hydroxyl groups is 1. The lowest BCUT2D eigenvalue weighted by Gasteiger charge is -2.39. The van der Waals surface area contributed by atoms with Gasteiger partial charge in [-0.15, -0.1) is 0 Å². The summed E-state index contributed by atoms with van der Waals surface area (Å²) >= 11 is 0. The zero-order valence-corrected chi connectivity index (χ0v) is 36.5. The molecule has 0 aromatic heterocycles. The summed E-state index contributed by atoms with van der Waals surface area (Å²) < 4.78 is 11.8. The number of hydrogen-bond donors (Lipinski definition) is 2. The van der Waals surface area contributed by atoms with E-state index in [-0.39, 0.29) is 30.4 Å². The molecule has 4 unspecified atom stereocenters. The standard InChI is InChI=1S/C47H92N2O5/c1-5-9-13-17-19-23-32-42(30-21-15-11-7-3)46(51)53-38-27-25-34-44-40-49(36-29-37-50)41-45(48-44)35-26-28-39-54-47(52)43(31-22-16-12-8-4)33-24-20-18-14-10-6-2/h42-45,48,50H,5-41H2,1-4H3. The van der Waals surface area contributed by atoms with E-state index in [4.69, 9.17) is 9.47 Å². The Morgan fingerprint density at radius 2 is 0.870 bits per heavy atom. The van der Waals surface area contributed by atoms with Crippen molar-refractivity contribution >= 4 is 11.9 Å². The maximum absolute atomic E-state index is 13.1. The van der Waals surface area contributed by atoms with E-state index in [1.807, 2.05) is 0 Å². The molecule has 0 saturated carbocycles. The first-order valence-electron chi connectivity index (χ1n) is 23.9. The van der Waals surface area contributed by atoms with E-state index < -0.39 is 0 Å². The molecule has 0 spiro atoms. The number of carbonyl (C=O) groups is 2. The van der Waals surface area contributed by atoms with E-state index in [1.54, 1.807) is 0 Å². The molecule has 1 saturated heterocycles. The fourth-order valence-electron chi connectivity index (χ4n) is 8.27. The summed E-state index contributed by atoms with van der Waals surface area (Å²) in [6.45, 7) is 13.2. The van der Waals surface area contributed by atoms with Gasteiger partial charge in [0.2, 0.25) is 0 Å². The topological polar surface area (TPSA) is 88.1 Å². The van der Waals surface area contributed by atoms with Crippen LogP contribution in [0, 0.1) is 11.8 Å². The van der Waals surface area contributed by atoms with Gasteiger partial charge in [0, 0.05) is 38.3 Å². The zero-order valence-electron chi connectivity index (χ0n) is 36.5. The van der Waals surface area contributed by atoms with Gasteiger partial charge in [-0.2, -0.15) is 0 Å².